The highest BCUT2D eigenvalue weighted by Crippen LogP contribution is 2.60. The van der Waals surface area contributed by atoms with Crippen LogP contribution in [0.15, 0.2) is 0 Å². The molecule has 1 aliphatic carbocycles. The van der Waals surface area contributed by atoms with E-state index in [1.54, 1.807) is 0 Å². The van der Waals surface area contributed by atoms with Crippen molar-refractivity contribution < 1.29 is 13.6 Å². The van der Waals surface area contributed by atoms with Crippen LogP contribution in [0.4, 0.5) is 8.78 Å². The lowest BCUT2D eigenvalue weighted by atomic mass is 10.0. The summed E-state index contributed by atoms with van der Waals surface area (Å²) in [6.45, 7) is 7.03. The Hall–Kier alpha value is -0.670. The number of nitrogens with one attached hydrogen (secondary N) is 1. The van der Waals surface area contributed by atoms with Crippen molar-refractivity contribution in [2.45, 2.75) is 46.1 Å². The smallest absolute Gasteiger partial charge is 0.263 e. The highest BCUT2D eigenvalue weighted by atomic mass is 19.3. The Labute approximate surface area is 83.1 Å². The van der Waals surface area contributed by atoms with Crippen molar-refractivity contribution >= 4 is 5.91 Å². The fourth-order valence-corrected chi connectivity index (χ4v) is 1.18. The van der Waals surface area contributed by atoms with Gasteiger partial charge < -0.3 is 5.32 Å². The highest BCUT2D eigenvalue weighted by molar-refractivity contribution is 5.87. The topological polar surface area (TPSA) is 29.1 Å². The van der Waals surface area contributed by atoms with Gasteiger partial charge in [-0.05, 0) is 19.8 Å². The second-order valence-electron chi connectivity index (χ2n) is 4.72. The number of hydrogen-bond acceptors (Lipinski definition) is 1. The summed E-state index contributed by atoms with van der Waals surface area (Å²) in [6.07, 6.45) is -0.323. The van der Waals surface area contributed by atoms with Gasteiger partial charge in [0.1, 0.15) is 5.41 Å². The molecule has 14 heavy (non-hydrogen) atoms. The minimum atomic E-state index is -2.81. The summed E-state index contributed by atoms with van der Waals surface area (Å²) in [5, 5.41) is 2.62. The first-order valence-electron chi connectivity index (χ1n) is 4.89. The molecule has 0 aromatic carbocycles. The van der Waals surface area contributed by atoms with E-state index in [4.69, 9.17) is 0 Å². The Morgan fingerprint density at radius 1 is 1.36 bits per heavy atom. The molecular formula is C10H17F2NO. The average molecular weight is 205 g/mol. The molecule has 1 amide bonds. The third-order valence-corrected chi connectivity index (χ3v) is 3.12. The zero-order valence-corrected chi connectivity index (χ0v) is 9.03. The molecule has 4 heteroatoms. The number of rotatable bonds is 3. The number of carbonyl (C=O) groups is 1. The number of hydrogen-bond donors (Lipinski definition) is 1. The van der Waals surface area contributed by atoms with Crippen LogP contribution in [0.25, 0.3) is 0 Å². The van der Waals surface area contributed by atoms with Gasteiger partial charge in [-0.25, -0.2) is 8.78 Å². The molecule has 1 rings (SSSR count). The Bertz CT molecular complexity index is 253. The maximum Gasteiger partial charge on any atom is 0.263 e. The Morgan fingerprint density at radius 2 is 1.79 bits per heavy atom. The first-order chi connectivity index (χ1) is 6.21. The molecule has 2 atom stereocenters. The number of halogens is 2. The molecule has 0 aromatic heterocycles. The molecule has 1 saturated carbocycles. The Balaban J connectivity index is 2.53. The first kappa shape index (κ1) is 11.4. The largest absolute Gasteiger partial charge is 0.353 e. The van der Waals surface area contributed by atoms with E-state index in [0.29, 0.717) is 0 Å². The van der Waals surface area contributed by atoms with Crippen molar-refractivity contribution in [3.05, 3.63) is 0 Å². The number of carbonyl (C=O) groups excluding carboxylic acids is 1. The van der Waals surface area contributed by atoms with Gasteiger partial charge in [0.2, 0.25) is 5.91 Å². The first-order valence-corrected chi connectivity index (χ1v) is 4.89. The molecular weight excluding hydrogens is 188 g/mol. The van der Waals surface area contributed by atoms with Gasteiger partial charge in [-0.3, -0.25) is 4.79 Å². The lowest BCUT2D eigenvalue weighted by molar-refractivity contribution is -0.130. The Kier molecular flexibility index (Phi) is 2.59. The van der Waals surface area contributed by atoms with Crippen molar-refractivity contribution in [3.8, 4) is 0 Å². The van der Waals surface area contributed by atoms with E-state index in [2.05, 4.69) is 5.32 Å². The van der Waals surface area contributed by atoms with Gasteiger partial charge in [-0.1, -0.05) is 13.8 Å². The van der Waals surface area contributed by atoms with Gasteiger partial charge in [0.05, 0.1) is 0 Å². The zero-order chi connectivity index (χ0) is 11.1. The monoisotopic (exact) mass is 205 g/mol. The maximum absolute atomic E-state index is 12.8. The molecule has 0 heterocycles. The summed E-state index contributed by atoms with van der Waals surface area (Å²) in [5.41, 5.74) is -1.46. The molecule has 1 aliphatic rings. The second-order valence-corrected chi connectivity index (χ2v) is 4.72. The predicted molar refractivity (Wildman–Crippen MR) is 50.1 cm³/mol. The van der Waals surface area contributed by atoms with Gasteiger partial charge in [0.15, 0.2) is 0 Å². The Morgan fingerprint density at radius 3 is 2.07 bits per heavy atom. The van der Waals surface area contributed by atoms with E-state index >= 15 is 0 Å². The molecule has 1 fully saturated rings. The summed E-state index contributed by atoms with van der Waals surface area (Å²) in [7, 11) is 0. The van der Waals surface area contributed by atoms with Crippen molar-refractivity contribution in [1.29, 1.82) is 0 Å². The van der Waals surface area contributed by atoms with Crippen LogP contribution in [-0.4, -0.2) is 17.9 Å². The lowest BCUT2D eigenvalue weighted by Crippen LogP contribution is -2.41. The van der Waals surface area contributed by atoms with Gasteiger partial charge in [-0.2, -0.15) is 0 Å². The van der Waals surface area contributed by atoms with E-state index in [1.165, 1.54) is 6.92 Å². The van der Waals surface area contributed by atoms with E-state index < -0.39 is 17.2 Å². The molecule has 0 bridgehead atoms. The van der Waals surface area contributed by atoms with Gasteiger partial charge in [0, 0.05) is 12.5 Å². The van der Waals surface area contributed by atoms with Crippen LogP contribution in [0, 0.1) is 11.3 Å². The van der Waals surface area contributed by atoms with Crippen LogP contribution >= 0.6 is 0 Å². The van der Waals surface area contributed by atoms with Crippen LogP contribution in [0.1, 0.15) is 34.1 Å². The summed E-state index contributed by atoms with van der Waals surface area (Å²) >= 11 is 0. The second kappa shape index (κ2) is 3.17. The van der Waals surface area contributed by atoms with Crippen LogP contribution in [0.2, 0.25) is 0 Å². The van der Waals surface area contributed by atoms with Gasteiger partial charge in [-0.15, -0.1) is 0 Å². The van der Waals surface area contributed by atoms with Gasteiger partial charge >= 0.3 is 0 Å². The molecule has 0 spiro atoms. The van der Waals surface area contributed by atoms with Crippen molar-refractivity contribution in [2.75, 3.05) is 0 Å². The summed E-state index contributed by atoms with van der Waals surface area (Å²) in [6, 6.07) is -0.0595. The minimum absolute atomic E-state index is 0.0595. The van der Waals surface area contributed by atoms with Crippen LogP contribution < -0.4 is 5.32 Å². The fraction of sp³-hybridized carbons (Fsp3) is 0.900. The van der Waals surface area contributed by atoms with E-state index in [9.17, 15) is 13.6 Å². The molecule has 82 valence electrons. The molecule has 0 radical (unpaired) electrons. The SMILES string of the molecule is CC(C)[C@@H](C)NC(=O)C1(C)CC1(F)F. The highest BCUT2D eigenvalue weighted by Gasteiger charge is 2.72. The predicted octanol–water partition coefficient (Wildman–Crippen LogP) is 2.19. The standard InChI is InChI=1S/C10H17F2NO/c1-6(2)7(3)13-8(14)9(4)5-10(9,11)12/h6-7H,5H2,1-4H3,(H,13,14)/t7-,9?/m1/s1. The molecule has 0 aromatic rings. The third-order valence-electron chi connectivity index (χ3n) is 3.12. The molecule has 2 nitrogen and oxygen atoms in total. The van der Waals surface area contributed by atoms with Crippen LogP contribution in [0.5, 0.6) is 0 Å². The number of amides is 1. The molecule has 0 saturated heterocycles. The van der Waals surface area contributed by atoms with Gasteiger partial charge in [0.25, 0.3) is 5.92 Å². The van der Waals surface area contributed by atoms with Crippen LogP contribution in [0.3, 0.4) is 0 Å². The average Bonchev–Trinajstić information content (AvgIpc) is 2.52. The van der Waals surface area contributed by atoms with Crippen molar-refractivity contribution in [1.82, 2.24) is 5.32 Å². The quantitative estimate of drug-likeness (QED) is 0.751. The van der Waals surface area contributed by atoms with Crippen molar-refractivity contribution in [3.63, 3.8) is 0 Å². The molecule has 0 aliphatic heterocycles. The summed E-state index contributed by atoms with van der Waals surface area (Å²) in [5.74, 6) is -3.08. The molecule has 1 unspecified atom stereocenters. The molecule has 1 N–H and O–H groups in total. The summed E-state index contributed by atoms with van der Waals surface area (Å²) in [4.78, 5) is 11.5. The zero-order valence-electron chi connectivity index (χ0n) is 9.03. The minimum Gasteiger partial charge on any atom is -0.353 e. The normalized spacial score (nSPS) is 31.4. The van der Waals surface area contributed by atoms with E-state index in [0.717, 1.165) is 0 Å². The maximum atomic E-state index is 12.8. The lowest BCUT2D eigenvalue weighted by Gasteiger charge is -2.20. The van der Waals surface area contributed by atoms with Crippen molar-refractivity contribution in [2.24, 2.45) is 11.3 Å². The number of alkyl halides is 2. The third kappa shape index (κ3) is 1.74. The van der Waals surface area contributed by atoms with E-state index in [-0.39, 0.29) is 18.4 Å². The van der Waals surface area contributed by atoms with E-state index in [1.807, 2.05) is 20.8 Å². The van der Waals surface area contributed by atoms with Crippen LogP contribution in [-0.2, 0) is 4.79 Å². The fourth-order valence-electron chi connectivity index (χ4n) is 1.18. The summed E-state index contributed by atoms with van der Waals surface area (Å²) < 4.78 is 25.6.